The highest BCUT2D eigenvalue weighted by molar-refractivity contribution is 7.89. The van der Waals surface area contributed by atoms with Crippen LogP contribution in [0.1, 0.15) is 5.69 Å². The Kier molecular flexibility index (Phi) is 5.59. The highest BCUT2D eigenvalue weighted by Crippen LogP contribution is 2.31. The molecule has 0 bridgehead atoms. The number of halogens is 3. The zero-order valence-corrected chi connectivity index (χ0v) is 16.7. The van der Waals surface area contributed by atoms with Gasteiger partial charge in [0, 0.05) is 46.3 Å². The third-order valence-corrected chi connectivity index (χ3v) is 5.48. The third-order valence-electron chi connectivity index (χ3n) is 4.52. The third kappa shape index (κ3) is 4.70. The smallest absolute Gasteiger partial charge is 0.367 e. The van der Waals surface area contributed by atoms with Gasteiger partial charge in [-0.25, -0.2) is 18.5 Å². The van der Waals surface area contributed by atoms with Crippen molar-refractivity contribution in [2.24, 2.45) is 5.14 Å². The van der Waals surface area contributed by atoms with Gasteiger partial charge in [0.1, 0.15) is 10.7 Å². The number of piperazine rings is 1. The summed E-state index contributed by atoms with van der Waals surface area (Å²) < 4.78 is 63.3. The fourth-order valence-corrected chi connectivity index (χ4v) is 3.80. The van der Waals surface area contributed by atoms with Gasteiger partial charge >= 0.3 is 6.18 Å². The number of aromatic nitrogens is 2. The first kappa shape index (κ1) is 21.1. The SMILES string of the molecule is CN(C)c1cc(C(F)(F)F)nc(N2CCN(c3ccccc3S(N)(=O)=O)CC2)n1. The van der Waals surface area contributed by atoms with Crippen LogP contribution < -0.4 is 19.8 Å². The minimum Gasteiger partial charge on any atom is -0.367 e. The van der Waals surface area contributed by atoms with Gasteiger partial charge < -0.3 is 14.7 Å². The molecule has 1 aliphatic heterocycles. The Morgan fingerprint density at radius 3 is 2.17 bits per heavy atom. The summed E-state index contributed by atoms with van der Waals surface area (Å²) in [4.78, 5) is 12.9. The number of para-hydroxylation sites is 1. The van der Waals surface area contributed by atoms with Crippen molar-refractivity contribution in [1.82, 2.24) is 9.97 Å². The summed E-state index contributed by atoms with van der Waals surface area (Å²) in [6.07, 6.45) is -4.58. The minimum absolute atomic E-state index is 0.0112. The molecule has 0 atom stereocenters. The Hall–Kier alpha value is -2.60. The van der Waals surface area contributed by atoms with E-state index in [0.717, 1.165) is 6.07 Å². The van der Waals surface area contributed by atoms with E-state index in [9.17, 15) is 21.6 Å². The Labute approximate surface area is 166 Å². The van der Waals surface area contributed by atoms with E-state index >= 15 is 0 Å². The van der Waals surface area contributed by atoms with Crippen LogP contribution in [-0.2, 0) is 16.2 Å². The molecular weight excluding hydrogens is 409 g/mol. The van der Waals surface area contributed by atoms with E-state index < -0.39 is 21.9 Å². The summed E-state index contributed by atoms with van der Waals surface area (Å²) in [6.45, 7) is 1.41. The van der Waals surface area contributed by atoms with Gasteiger partial charge in [-0.1, -0.05) is 12.1 Å². The van der Waals surface area contributed by atoms with Crippen molar-refractivity contribution in [3.05, 3.63) is 36.0 Å². The molecule has 2 N–H and O–H groups in total. The number of nitrogens with two attached hydrogens (primary N) is 1. The first-order valence-electron chi connectivity index (χ1n) is 8.72. The fraction of sp³-hybridized carbons (Fsp3) is 0.412. The number of alkyl halides is 3. The van der Waals surface area contributed by atoms with E-state index in [2.05, 4.69) is 9.97 Å². The van der Waals surface area contributed by atoms with Crippen molar-refractivity contribution in [1.29, 1.82) is 0 Å². The summed E-state index contributed by atoms with van der Waals surface area (Å²) in [5, 5.41) is 5.29. The monoisotopic (exact) mass is 430 g/mol. The second-order valence-corrected chi connectivity index (χ2v) is 8.32. The summed E-state index contributed by atoms with van der Waals surface area (Å²) in [5.41, 5.74) is -0.540. The Morgan fingerprint density at radius 1 is 1.03 bits per heavy atom. The number of benzene rings is 1. The van der Waals surface area contributed by atoms with Gasteiger partial charge in [-0.2, -0.15) is 18.2 Å². The van der Waals surface area contributed by atoms with Crippen LogP contribution in [0.5, 0.6) is 0 Å². The molecule has 2 heterocycles. The van der Waals surface area contributed by atoms with Gasteiger partial charge in [0.2, 0.25) is 16.0 Å². The molecule has 1 aromatic heterocycles. The molecule has 1 aromatic carbocycles. The molecule has 0 saturated carbocycles. The fourth-order valence-electron chi connectivity index (χ4n) is 3.04. The predicted molar refractivity (Wildman–Crippen MR) is 104 cm³/mol. The highest BCUT2D eigenvalue weighted by Gasteiger charge is 2.35. The van der Waals surface area contributed by atoms with Crippen LogP contribution in [0.2, 0.25) is 0 Å². The molecule has 8 nitrogen and oxygen atoms in total. The largest absolute Gasteiger partial charge is 0.433 e. The van der Waals surface area contributed by atoms with Crippen molar-refractivity contribution in [2.45, 2.75) is 11.1 Å². The van der Waals surface area contributed by atoms with Crippen LogP contribution in [0.4, 0.5) is 30.6 Å². The normalized spacial score (nSPS) is 15.5. The molecule has 1 fully saturated rings. The van der Waals surface area contributed by atoms with Crippen LogP contribution in [-0.4, -0.2) is 58.7 Å². The lowest BCUT2D eigenvalue weighted by Crippen LogP contribution is -2.47. The summed E-state index contributed by atoms with van der Waals surface area (Å²) in [5.74, 6) is 0.146. The van der Waals surface area contributed by atoms with Crippen LogP contribution in [0, 0.1) is 0 Å². The molecular formula is C17H21F3N6O2S. The maximum absolute atomic E-state index is 13.2. The van der Waals surface area contributed by atoms with Crippen LogP contribution in [0.25, 0.3) is 0 Å². The number of rotatable bonds is 4. The van der Waals surface area contributed by atoms with Crippen molar-refractivity contribution < 1.29 is 21.6 Å². The molecule has 0 unspecified atom stereocenters. The van der Waals surface area contributed by atoms with Gasteiger partial charge in [-0.3, -0.25) is 0 Å². The van der Waals surface area contributed by atoms with Crippen LogP contribution in [0.15, 0.2) is 35.2 Å². The zero-order chi connectivity index (χ0) is 21.4. The number of anilines is 3. The molecule has 158 valence electrons. The van der Waals surface area contributed by atoms with E-state index in [1.807, 2.05) is 4.90 Å². The molecule has 0 radical (unpaired) electrons. The minimum atomic E-state index is -4.58. The summed E-state index contributed by atoms with van der Waals surface area (Å²) >= 11 is 0. The highest BCUT2D eigenvalue weighted by atomic mass is 32.2. The van der Waals surface area contributed by atoms with Crippen molar-refractivity contribution >= 4 is 27.5 Å². The molecule has 0 spiro atoms. The lowest BCUT2D eigenvalue weighted by molar-refractivity contribution is -0.141. The quantitative estimate of drug-likeness (QED) is 0.786. The van der Waals surface area contributed by atoms with Crippen molar-refractivity contribution in [3.63, 3.8) is 0 Å². The van der Waals surface area contributed by atoms with Gasteiger partial charge in [0.15, 0.2) is 5.69 Å². The van der Waals surface area contributed by atoms with Crippen molar-refractivity contribution in [2.75, 3.05) is 55.0 Å². The molecule has 1 saturated heterocycles. The lowest BCUT2D eigenvalue weighted by atomic mass is 10.2. The first-order chi connectivity index (χ1) is 13.5. The number of hydrogen-bond acceptors (Lipinski definition) is 7. The maximum atomic E-state index is 13.2. The molecule has 1 aliphatic rings. The van der Waals surface area contributed by atoms with E-state index in [1.54, 1.807) is 37.2 Å². The Morgan fingerprint density at radius 2 is 1.62 bits per heavy atom. The van der Waals surface area contributed by atoms with E-state index in [1.165, 1.54) is 11.0 Å². The Bertz CT molecular complexity index is 989. The number of hydrogen-bond donors (Lipinski definition) is 1. The Balaban J connectivity index is 1.84. The summed E-state index contributed by atoms with van der Waals surface area (Å²) in [7, 11) is -0.685. The maximum Gasteiger partial charge on any atom is 0.433 e. The van der Waals surface area contributed by atoms with E-state index in [-0.39, 0.29) is 16.7 Å². The molecule has 0 aliphatic carbocycles. The van der Waals surface area contributed by atoms with Gasteiger partial charge in [0.25, 0.3) is 0 Å². The molecule has 0 amide bonds. The van der Waals surface area contributed by atoms with Crippen molar-refractivity contribution in [3.8, 4) is 0 Å². The van der Waals surface area contributed by atoms with Gasteiger partial charge in [-0.15, -0.1) is 0 Å². The topological polar surface area (TPSA) is 95.7 Å². The number of sulfonamides is 1. The van der Waals surface area contributed by atoms with Gasteiger partial charge in [-0.05, 0) is 12.1 Å². The number of nitrogens with zero attached hydrogens (tertiary/aromatic N) is 5. The predicted octanol–water partition coefficient (Wildman–Crippen LogP) is 1.54. The first-order valence-corrected chi connectivity index (χ1v) is 10.3. The summed E-state index contributed by atoms with van der Waals surface area (Å²) in [6, 6.07) is 7.27. The molecule has 12 heteroatoms. The molecule has 2 aromatic rings. The zero-order valence-electron chi connectivity index (χ0n) is 15.9. The van der Waals surface area contributed by atoms with E-state index in [0.29, 0.717) is 31.9 Å². The number of primary sulfonamides is 1. The van der Waals surface area contributed by atoms with E-state index in [4.69, 9.17) is 5.14 Å². The average Bonchev–Trinajstić information content (AvgIpc) is 2.66. The average molecular weight is 430 g/mol. The second kappa shape index (κ2) is 7.67. The van der Waals surface area contributed by atoms with Gasteiger partial charge in [0.05, 0.1) is 5.69 Å². The second-order valence-electron chi connectivity index (χ2n) is 6.79. The van der Waals surface area contributed by atoms with Crippen LogP contribution in [0.3, 0.4) is 0 Å². The molecule has 29 heavy (non-hydrogen) atoms. The van der Waals surface area contributed by atoms with Crippen LogP contribution >= 0.6 is 0 Å². The molecule has 3 rings (SSSR count). The standard InChI is InChI=1S/C17H21F3N6O2S/c1-24(2)15-11-14(17(18,19)20)22-16(23-15)26-9-7-25(8-10-26)12-5-3-4-6-13(12)29(21,27)28/h3-6,11H,7-10H2,1-2H3,(H2,21,27,28). The lowest BCUT2D eigenvalue weighted by Gasteiger charge is -2.37.